The molecule has 1 N–H and O–H groups in total. The lowest BCUT2D eigenvalue weighted by atomic mass is 10.1. The van der Waals surface area contributed by atoms with Crippen LogP contribution < -0.4 is 5.32 Å². The minimum Gasteiger partial charge on any atom is -0.383 e. The molecule has 1 amide bonds. The second-order valence-corrected chi connectivity index (χ2v) is 8.72. The third-order valence-electron chi connectivity index (χ3n) is 4.64. The van der Waals surface area contributed by atoms with E-state index in [-0.39, 0.29) is 11.7 Å². The molecule has 0 saturated carbocycles. The fourth-order valence-corrected chi connectivity index (χ4v) is 4.63. The van der Waals surface area contributed by atoms with Gasteiger partial charge < -0.3 is 10.1 Å². The summed E-state index contributed by atoms with van der Waals surface area (Å²) in [6.07, 6.45) is 0. The number of ether oxygens (including phenoxy) is 1. The Bertz CT molecular complexity index is 1160. The van der Waals surface area contributed by atoms with E-state index in [9.17, 15) is 9.18 Å². The monoisotopic (exact) mass is 468 g/mol. The van der Waals surface area contributed by atoms with Gasteiger partial charge in [-0.2, -0.15) is 0 Å². The largest absolute Gasteiger partial charge is 0.383 e. The van der Waals surface area contributed by atoms with Gasteiger partial charge in [-0.1, -0.05) is 30.0 Å². The van der Waals surface area contributed by atoms with Crippen LogP contribution in [0, 0.1) is 5.82 Å². The quantitative estimate of drug-likeness (QED) is 0.282. The minimum absolute atomic E-state index is 0.127. The predicted molar refractivity (Wildman–Crippen MR) is 125 cm³/mol. The zero-order valence-electron chi connectivity index (χ0n) is 17.3. The van der Waals surface area contributed by atoms with Gasteiger partial charge in [-0.05, 0) is 53.4 Å². The zero-order valence-corrected chi connectivity index (χ0v) is 19.0. The Balaban J connectivity index is 1.51. The van der Waals surface area contributed by atoms with Crippen LogP contribution in [0.15, 0.2) is 71.2 Å². The van der Waals surface area contributed by atoms with Gasteiger partial charge in [0, 0.05) is 30.7 Å². The molecule has 2 aromatic heterocycles. The Kier molecular flexibility index (Phi) is 7.31. The second-order valence-electron chi connectivity index (χ2n) is 6.83. The maximum atomic E-state index is 13.5. The van der Waals surface area contributed by atoms with Gasteiger partial charge in [0.05, 0.1) is 11.5 Å². The van der Waals surface area contributed by atoms with Crippen LogP contribution in [0.2, 0.25) is 0 Å². The maximum absolute atomic E-state index is 13.5. The van der Waals surface area contributed by atoms with Crippen LogP contribution in [0.1, 0.15) is 15.9 Å². The average molecular weight is 469 g/mol. The van der Waals surface area contributed by atoms with Gasteiger partial charge in [-0.25, -0.2) is 4.39 Å². The van der Waals surface area contributed by atoms with Gasteiger partial charge >= 0.3 is 0 Å². The van der Waals surface area contributed by atoms with Crippen molar-refractivity contribution < 1.29 is 13.9 Å². The number of benzene rings is 2. The number of nitrogens with zero attached hydrogens (tertiary/aromatic N) is 3. The van der Waals surface area contributed by atoms with E-state index in [4.69, 9.17) is 4.74 Å². The molecule has 4 aromatic rings. The van der Waals surface area contributed by atoms with Crippen LogP contribution in [-0.2, 0) is 10.5 Å². The second kappa shape index (κ2) is 10.5. The first-order valence-corrected chi connectivity index (χ1v) is 11.8. The molecule has 2 heterocycles. The number of aromatic nitrogens is 3. The van der Waals surface area contributed by atoms with Crippen LogP contribution in [0.4, 0.5) is 4.39 Å². The summed E-state index contributed by atoms with van der Waals surface area (Å²) in [7, 11) is 1.60. The van der Waals surface area contributed by atoms with E-state index in [2.05, 4.69) is 15.5 Å². The van der Waals surface area contributed by atoms with Crippen molar-refractivity contribution in [2.75, 3.05) is 20.3 Å². The normalized spacial score (nSPS) is 10.9. The van der Waals surface area contributed by atoms with Crippen LogP contribution in [-0.4, -0.2) is 40.9 Å². The third-order valence-corrected chi connectivity index (χ3v) is 6.50. The van der Waals surface area contributed by atoms with Crippen molar-refractivity contribution in [1.82, 2.24) is 20.1 Å². The molecule has 0 aliphatic carbocycles. The van der Waals surface area contributed by atoms with Gasteiger partial charge in [-0.3, -0.25) is 9.36 Å². The van der Waals surface area contributed by atoms with E-state index in [0.29, 0.717) is 29.6 Å². The van der Waals surface area contributed by atoms with Crippen molar-refractivity contribution in [2.24, 2.45) is 0 Å². The maximum Gasteiger partial charge on any atom is 0.251 e. The summed E-state index contributed by atoms with van der Waals surface area (Å²) in [4.78, 5) is 13.1. The van der Waals surface area contributed by atoms with Crippen molar-refractivity contribution in [3.8, 4) is 16.4 Å². The number of methoxy groups -OCH3 is 1. The van der Waals surface area contributed by atoms with E-state index in [1.165, 1.54) is 23.9 Å². The van der Waals surface area contributed by atoms with Crippen LogP contribution in [0.5, 0.6) is 0 Å². The van der Waals surface area contributed by atoms with Gasteiger partial charge in [0.1, 0.15) is 5.82 Å². The first-order valence-electron chi connectivity index (χ1n) is 9.90. The Morgan fingerprint density at radius 1 is 1.12 bits per heavy atom. The molecule has 164 valence electrons. The Labute approximate surface area is 193 Å². The molecular formula is C23H21FN4O2S2. The molecule has 0 bridgehead atoms. The van der Waals surface area contributed by atoms with E-state index in [1.807, 2.05) is 34.2 Å². The van der Waals surface area contributed by atoms with E-state index in [1.54, 1.807) is 42.7 Å². The number of hydrogen-bond donors (Lipinski definition) is 1. The van der Waals surface area contributed by atoms with E-state index in [0.717, 1.165) is 22.0 Å². The Hall–Kier alpha value is -3.01. The minimum atomic E-state index is -0.292. The Morgan fingerprint density at radius 2 is 1.91 bits per heavy atom. The van der Waals surface area contributed by atoms with Gasteiger partial charge in [-0.15, -0.1) is 21.5 Å². The van der Waals surface area contributed by atoms with Gasteiger partial charge in [0.25, 0.3) is 5.91 Å². The highest BCUT2D eigenvalue weighted by Gasteiger charge is 2.17. The summed E-state index contributed by atoms with van der Waals surface area (Å²) in [6.45, 7) is 0.946. The summed E-state index contributed by atoms with van der Waals surface area (Å²) in [5.41, 5.74) is 2.45. The average Bonchev–Trinajstić information content (AvgIpc) is 3.49. The standard InChI is InChI=1S/C23H21FN4O2S2/c1-30-13-12-25-22(29)17-6-4-16(5-7-17)15-32-23-27-26-21(20-3-2-14-31-20)28(23)19-10-8-18(24)9-11-19/h2-11,14H,12-13,15H2,1H3,(H,25,29). The predicted octanol–water partition coefficient (Wildman–Crippen LogP) is 4.80. The zero-order chi connectivity index (χ0) is 22.3. The first kappa shape index (κ1) is 22.2. The number of amides is 1. The molecule has 2 aromatic carbocycles. The van der Waals surface area contributed by atoms with Gasteiger partial charge in [0.2, 0.25) is 0 Å². The molecule has 9 heteroatoms. The smallest absolute Gasteiger partial charge is 0.251 e. The number of halogens is 1. The lowest BCUT2D eigenvalue weighted by Gasteiger charge is -2.10. The van der Waals surface area contributed by atoms with Crippen molar-refractivity contribution in [2.45, 2.75) is 10.9 Å². The van der Waals surface area contributed by atoms with E-state index < -0.39 is 0 Å². The SMILES string of the molecule is COCCNC(=O)c1ccc(CSc2nnc(-c3cccs3)n2-c2ccc(F)cc2)cc1. The molecule has 0 spiro atoms. The van der Waals surface area contributed by atoms with Crippen molar-refractivity contribution in [3.05, 3.63) is 83.0 Å². The first-order chi connectivity index (χ1) is 15.7. The highest BCUT2D eigenvalue weighted by atomic mass is 32.2. The highest BCUT2D eigenvalue weighted by molar-refractivity contribution is 7.98. The topological polar surface area (TPSA) is 69.0 Å². The summed E-state index contributed by atoms with van der Waals surface area (Å²) in [5.74, 6) is 0.949. The number of thiophene rings is 1. The Morgan fingerprint density at radius 3 is 2.59 bits per heavy atom. The molecule has 0 aliphatic rings. The van der Waals surface area contributed by atoms with Gasteiger partial charge in [0.15, 0.2) is 11.0 Å². The lowest BCUT2D eigenvalue weighted by Crippen LogP contribution is -2.26. The molecule has 0 atom stereocenters. The van der Waals surface area contributed by atoms with Crippen molar-refractivity contribution >= 4 is 29.0 Å². The van der Waals surface area contributed by atoms with Crippen LogP contribution in [0.25, 0.3) is 16.4 Å². The number of hydrogen-bond acceptors (Lipinski definition) is 6. The number of thioether (sulfide) groups is 1. The number of carbonyl (C=O) groups is 1. The lowest BCUT2D eigenvalue weighted by molar-refractivity contribution is 0.0937. The summed E-state index contributed by atoms with van der Waals surface area (Å²) in [5, 5.41) is 14.3. The molecule has 32 heavy (non-hydrogen) atoms. The van der Waals surface area contributed by atoms with Crippen molar-refractivity contribution in [1.29, 1.82) is 0 Å². The fourth-order valence-electron chi connectivity index (χ4n) is 3.02. The molecule has 0 aliphatic heterocycles. The van der Waals surface area contributed by atoms with Crippen LogP contribution in [0.3, 0.4) is 0 Å². The molecular weight excluding hydrogens is 447 g/mol. The molecule has 0 fully saturated rings. The molecule has 6 nitrogen and oxygen atoms in total. The van der Waals surface area contributed by atoms with Crippen molar-refractivity contribution in [3.63, 3.8) is 0 Å². The number of rotatable bonds is 9. The third kappa shape index (κ3) is 5.24. The fraction of sp³-hybridized carbons (Fsp3) is 0.174. The molecule has 4 rings (SSSR count). The summed E-state index contributed by atoms with van der Waals surface area (Å²) in [6, 6.07) is 17.7. The summed E-state index contributed by atoms with van der Waals surface area (Å²) >= 11 is 3.11. The molecule has 0 unspecified atom stereocenters. The number of nitrogens with one attached hydrogen (secondary N) is 1. The molecule has 0 saturated heterocycles. The molecule has 0 radical (unpaired) electrons. The highest BCUT2D eigenvalue weighted by Crippen LogP contribution is 2.31. The van der Waals surface area contributed by atoms with E-state index >= 15 is 0 Å². The summed E-state index contributed by atoms with van der Waals surface area (Å²) < 4.78 is 20.4. The van der Waals surface area contributed by atoms with Crippen LogP contribution >= 0.6 is 23.1 Å². The number of carbonyl (C=O) groups excluding carboxylic acids is 1.